The van der Waals surface area contributed by atoms with Crippen molar-refractivity contribution in [3.05, 3.63) is 71.7 Å². The number of amides is 1. The number of nitrogens with one attached hydrogen (secondary N) is 1. The van der Waals surface area contributed by atoms with Gasteiger partial charge >= 0.3 is 0 Å². The third kappa shape index (κ3) is 2.60. The largest absolute Gasteiger partial charge is 0.319 e. The molecule has 0 spiro atoms. The zero-order valence-electron chi connectivity index (χ0n) is 11.4. The third-order valence-electron chi connectivity index (χ3n) is 3.28. The van der Waals surface area contributed by atoms with Crippen molar-refractivity contribution in [2.75, 3.05) is 5.32 Å². The summed E-state index contributed by atoms with van der Waals surface area (Å²) in [7, 11) is 0. The molecule has 1 amide bonds. The molecule has 3 rings (SSSR count). The average Bonchev–Trinajstić information content (AvgIpc) is 2.49. The molecule has 0 atom stereocenters. The van der Waals surface area contributed by atoms with Gasteiger partial charge in [-0.1, -0.05) is 30.3 Å². The van der Waals surface area contributed by atoms with Gasteiger partial charge in [0, 0.05) is 5.39 Å². The molecule has 1 aromatic heterocycles. The second kappa shape index (κ2) is 5.32. The number of hydrogen-bond acceptors (Lipinski definition) is 2. The number of anilines is 1. The van der Waals surface area contributed by atoms with Crippen molar-refractivity contribution in [1.82, 2.24) is 4.98 Å². The molecule has 1 heterocycles. The van der Waals surface area contributed by atoms with Gasteiger partial charge in [-0.05, 0) is 31.2 Å². The normalized spacial score (nSPS) is 10.6. The number of fused-ring (bicyclic) bond motifs is 1. The van der Waals surface area contributed by atoms with Crippen LogP contribution in [0.25, 0.3) is 10.9 Å². The number of benzene rings is 2. The highest BCUT2D eigenvalue weighted by Gasteiger charge is 2.13. The molecule has 3 aromatic rings. The summed E-state index contributed by atoms with van der Waals surface area (Å²) in [5, 5.41) is 3.45. The van der Waals surface area contributed by atoms with E-state index in [4.69, 9.17) is 0 Å². The minimum Gasteiger partial charge on any atom is -0.319 e. The van der Waals surface area contributed by atoms with E-state index in [-0.39, 0.29) is 11.6 Å². The molecule has 1 N–H and O–H groups in total. The molecule has 0 aliphatic carbocycles. The van der Waals surface area contributed by atoms with E-state index in [2.05, 4.69) is 10.3 Å². The molecule has 0 aliphatic rings. The molecular formula is C17H13FN2O. The predicted molar refractivity (Wildman–Crippen MR) is 80.8 cm³/mol. The van der Waals surface area contributed by atoms with Crippen LogP contribution in [0, 0.1) is 12.7 Å². The second-order valence-electron chi connectivity index (χ2n) is 4.75. The van der Waals surface area contributed by atoms with Gasteiger partial charge < -0.3 is 5.32 Å². The van der Waals surface area contributed by atoms with E-state index in [1.54, 1.807) is 25.1 Å². The Morgan fingerprint density at radius 1 is 1.10 bits per heavy atom. The molecule has 0 aliphatic heterocycles. The first-order valence-electron chi connectivity index (χ1n) is 6.57. The quantitative estimate of drug-likeness (QED) is 0.772. The second-order valence-corrected chi connectivity index (χ2v) is 4.75. The van der Waals surface area contributed by atoms with Crippen molar-refractivity contribution in [2.24, 2.45) is 0 Å². The van der Waals surface area contributed by atoms with Crippen LogP contribution in [0.1, 0.15) is 16.1 Å². The highest BCUT2D eigenvalue weighted by Crippen LogP contribution is 2.19. The number of nitrogens with zero attached hydrogens (tertiary/aromatic N) is 1. The van der Waals surface area contributed by atoms with Crippen LogP contribution in [-0.4, -0.2) is 10.9 Å². The fourth-order valence-electron chi connectivity index (χ4n) is 2.19. The number of hydrogen-bond donors (Lipinski definition) is 1. The van der Waals surface area contributed by atoms with Crippen LogP contribution in [0.2, 0.25) is 0 Å². The Bertz CT molecular complexity index is 830. The van der Waals surface area contributed by atoms with Gasteiger partial charge in [0.05, 0.1) is 22.5 Å². The summed E-state index contributed by atoms with van der Waals surface area (Å²) in [4.78, 5) is 16.7. The molecule has 0 saturated carbocycles. The van der Waals surface area contributed by atoms with E-state index < -0.39 is 5.82 Å². The summed E-state index contributed by atoms with van der Waals surface area (Å²) in [6.45, 7) is 1.77. The first kappa shape index (κ1) is 13.2. The fraction of sp³-hybridized carbons (Fsp3) is 0.0588. The number of carbonyl (C=O) groups is 1. The Kier molecular flexibility index (Phi) is 3.36. The molecule has 0 radical (unpaired) electrons. The zero-order chi connectivity index (χ0) is 14.8. The highest BCUT2D eigenvalue weighted by molar-refractivity contribution is 6.06. The highest BCUT2D eigenvalue weighted by atomic mass is 19.1. The number of halogens is 1. The van der Waals surface area contributed by atoms with Gasteiger partial charge in [-0.15, -0.1) is 0 Å². The van der Waals surface area contributed by atoms with Crippen LogP contribution in [0.5, 0.6) is 0 Å². The Morgan fingerprint density at radius 2 is 1.81 bits per heavy atom. The summed E-state index contributed by atoms with van der Waals surface area (Å²) in [6.07, 6.45) is 0. The van der Waals surface area contributed by atoms with Crippen LogP contribution >= 0.6 is 0 Å². The van der Waals surface area contributed by atoms with Crippen LogP contribution in [0.15, 0.2) is 54.6 Å². The molecule has 0 unspecified atom stereocenters. The van der Waals surface area contributed by atoms with E-state index in [0.717, 1.165) is 10.9 Å². The maximum absolute atomic E-state index is 13.6. The Labute approximate surface area is 121 Å². The lowest BCUT2D eigenvalue weighted by Crippen LogP contribution is -2.15. The van der Waals surface area contributed by atoms with E-state index in [0.29, 0.717) is 11.3 Å². The lowest BCUT2D eigenvalue weighted by molar-refractivity contribution is 0.102. The molecule has 0 bridgehead atoms. The van der Waals surface area contributed by atoms with Gasteiger partial charge in [0.1, 0.15) is 5.82 Å². The maximum atomic E-state index is 13.6. The van der Waals surface area contributed by atoms with Gasteiger partial charge in [0.2, 0.25) is 0 Å². The summed E-state index contributed by atoms with van der Waals surface area (Å²) < 4.78 is 13.6. The van der Waals surface area contributed by atoms with E-state index in [9.17, 15) is 9.18 Å². The lowest BCUT2D eigenvalue weighted by Gasteiger charge is -2.09. The van der Waals surface area contributed by atoms with Gasteiger partial charge in [-0.2, -0.15) is 0 Å². The van der Waals surface area contributed by atoms with Crippen LogP contribution in [-0.2, 0) is 0 Å². The van der Waals surface area contributed by atoms with Crippen LogP contribution in [0.3, 0.4) is 0 Å². The summed E-state index contributed by atoms with van der Waals surface area (Å²) in [6, 6.07) is 15.4. The Balaban J connectivity index is 1.98. The SMILES string of the molecule is Cc1nc2ccccc2cc1C(=O)Nc1ccccc1F. The summed E-state index contributed by atoms with van der Waals surface area (Å²) >= 11 is 0. The first-order valence-corrected chi connectivity index (χ1v) is 6.57. The number of rotatable bonds is 2. The number of para-hydroxylation sites is 2. The molecule has 0 fully saturated rings. The predicted octanol–water partition coefficient (Wildman–Crippen LogP) is 3.93. The van der Waals surface area contributed by atoms with Gasteiger partial charge in [0.15, 0.2) is 0 Å². The Hall–Kier alpha value is -2.75. The average molecular weight is 280 g/mol. The lowest BCUT2D eigenvalue weighted by atomic mass is 10.1. The van der Waals surface area contributed by atoms with Crippen LogP contribution < -0.4 is 5.32 Å². The maximum Gasteiger partial charge on any atom is 0.257 e. The Morgan fingerprint density at radius 3 is 2.62 bits per heavy atom. The van der Waals surface area contributed by atoms with Gasteiger partial charge in [-0.25, -0.2) is 4.39 Å². The van der Waals surface area contributed by atoms with E-state index in [1.807, 2.05) is 24.3 Å². The van der Waals surface area contributed by atoms with Gasteiger partial charge in [-0.3, -0.25) is 9.78 Å². The molecule has 3 nitrogen and oxygen atoms in total. The molecule has 4 heteroatoms. The van der Waals surface area contributed by atoms with E-state index in [1.165, 1.54) is 12.1 Å². The molecule has 2 aromatic carbocycles. The zero-order valence-corrected chi connectivity index (χ0v) is 11.4. The molecular weight excluding hydrogens is 267 g/mol. The number of carbonyl (C=O) groups excluding carboxylic acids is 1. The third-order valence-corrected chi connectivity index (χ3v) is 3.28. The smallest absolute Gasteiger partial charge is 0.257 e. The fourth-order valence-corrected chi connectivity index (χ4v) is 2.19. The van der Waals surface area contributed by atoms with Crippen molar-refractivity contribution < 1.29 is 9.18 Å². The molecule has 0 saturated heterocycles. The summed E-state index contributed by atoms with van der Waals surface area (Å²) in [5.41, 5.74) is 2.05. The standard InChI is InChI=1S/C17H13FN2O/c1-11-13(10-12-6-2-4-8-15(12)19-11)17(21)20-16-9-5-3-7-14(16)18/h2-10H,1H3,(H,20,21). The van der Waals surface area contributed by atoms with Gasteiger partial charge in [0.25, 0.3) is 5.91 Å². The monoisotopic (exact) mass is 280 g/mol. The molecule has 104 valence electrons. The molecule has 21 heavy (non-hydrogen) atoms. The van der Waals surface area contributed by atoms with Crippen molar-refractivity contribution in [3.63, 3.8) is 0 Å². The number of pyridine rings is 1. The van der Waals surface area contributed by atoms with E-state index >= 15 is 0 Å². The summed E-state index contributed by atoms with van der Waals surface area (Å²) in [5.74, 6) is -0.826. The first-order chi connectivity index (χ1) is 10.1. The minimum atomic E-state index is -0.461. The topological polar surface area (TPSA) is 42.0 Å². The van der Waals surface area contributed by atoms with Crippen LogP contribution in [0.4, 0.5) is 10.1 Å². The number of aromatic nitrogens is 1. The van der Waals surface area contributed by atoms with Crippen molar-refractivity contribution in [1.29, 1.82) is 0 Å². The number of aryl methyl sites for hydroxylation is 1. The van der Waals surface area contributed by atoms with Crippen molar-refractivity contribution in [2.45, 2.75) is 6.92 Å². The van der Waals surface area contributed by atoms with Crippen molar-refractivity contribution in [3.8, 4) is 0 Å². The van der Waals surface area contributed by atoms with Crippen molar-refractivity contribution >= 4 is 22.5 Å². The minimum absolute atomic E-state index is 0.162.